The first-order chi connectivity index (χ1) is 4.34. The third-order valence-corrected chi connectivity index (χ3v) is 6.59. The number of hydrogen-bond acceptors (Lipinski definition) is 1. The molecule has 1 heterocycles. The summed E-state index contributed by atoms with van der Waals surface area (Å²) in [6, 6.07) is 4.28. The van der Waals surface area contributed by atoms with E-state index in [0.29, 0.717) is 0 Å². The first kappa shape index (κ1) is 7.32. The molecular formula is C6H9ClSSi. The molecule has 0 aliphatic rings. The average Bonchev–Trinajstić information content (AvgIpc) is 2.37. The summed E-state index contributed by atoms with van der Waals surface area (Å²) in [5.74, 6) is 0. The highest BCUT2D eigenvalue weighted by atomic mass is 35.5. The Hall–Kier alpha value is 0.207. The molecule has 0 bridgehead atoms. The Morgan fingerprint density at radius 3 is 3.00 bits per heavy atom. The summed E-state index contributed by atoms with van der Waals surface area (Å²) in [4.78, 5) is 0. The highest BCUT2D eigenvalue weighted by molar-refractivity contribution is 7.22. The van der Waals surface area contributed by atoms with Crippen molar-refractivity contribution in [1.29, 1.82) is 0 Å². The van der Waals surface area contributed by atoms with Crippen molar-refractivity contribution >= 4 is 36.2 Å². The lowest BCUT2D eigenvalue weighted by atomic mass is 10.7. The van der Waals surface area contributed by atoms with Crippen molar-refractivity contribution in [3.8, 4) is 0 Å². The molecule has 1 unspecified atom stereocenters. The zero-order valence-corrected chi connectivity index (χ0v) is 8.03. The van der Waals surface area contributed by atoms with Gasteiger partial charge in [-0.3, -0.25) is 0 Å². The molecule has 0 aliphatic carbocycles. The van der Waals surface area contributed by atoms with Crippen molar-refractivity contribution in [3.05, 3.63) is 17.5 Å². The monoisotopic (exact) mass is 176 g/mol. The molecule has 1 rings (SSSR count). The van der Waals surface area contributed by atoms with Gasteiger partial charge in [-0.25, -0.2) is 0 Å². The molecule has 1 aromatic rings. The molecule has 1 aromatic heterocycles. The van der Waals surface area contributed by atoms with Gasteiger partial charge in [-0.1, -0.05) is 18.7 Å². The summed E-state index contributed by atoms with van der Waals surface area (Å²) in [5.41, 5.74) is 0.862. The summed E-state index contributed by atoms with van der Waals surface area (Å²) in [6.07, 6.45) is 0. The molecule has 1 atom stereocenters. The van der Waals surface area contributed by atoms with Crippen LogP contribution in [0.1, 0.15) is 0 Å². The quantitative estimate of drug-likeness (QED) is 0.475. The lowest BCUT2D eigenvalue weighted by molar-refractivity contribution is 1.92. The molecule has 50 valence electrons. The van der Waals surface area contributed by atoms with Gasteiger partial charge in [0.1, 0.15) is 0 Å². The van der Waals surface area contributed by atoms with Crippen LogP contribution in [-0.4, -0.2) is 14.3 Å². The van der Waals surface area contributed by atoms with E-state index in [2.05, 4.69) is 24.1 Å². The fourth-order valence-electron chi connectivity index (χ4n) is 0.648. The van der Waals surface area contributed by atoms with Crippen LogP contribution in [0, 0.1) is 0 Å². The van der Waals surface area contributed by atoms with E-state index in [9.17, 15) is 0 Å². The molecule has 0 N–H and O–H groups in total. The van der Waals surface area contributed by atoms with Gasteiger partial charge in [0, 0.05) is 5.50 Å². The fraction of sp³-hybridized carbons (Fsp3) is 0.333. The van der Waals surface area contributed by atoms with Gasteiger partial charge >= 0.3 is 0 Å². The Morgan fingerprint density at radius 2 is 2.56 bits per heavy atom. The summed E-state index contributed by atoms with van der Waals surface area (Å²) in [5, 5.41) is 2.12. The maximum Gasteiger partial charge on any atom is 0.0963 e. The molecule has 3 heteroatoms. The van der Waals surface area contributed by atoms with Crippen LogP contribution in [0.2, 0.25) is 6.55 Å². The summed E-state index contributed by atoms with van der Waals surface area (Å²) in [7, 11) is -0.707. The minimum atomic E-state index is -0.707. The van der Waals surface area contributed by atoms with E-state index >= 15 is 0 Å². The largest absolute Gasteiger partial charge is 0.154 e. The van der Waals surface area contributed by atoms with Crippen LogP contribution in [0.3, 0.4) is 0 Å². The van der Waals surface area contributed by atoms with E-state index < -0.39 is 8.80 Å². The summed E-state index contributed by atoms with van der Waals surface area (Å²) >= 11 is 7.54. The Kier molecular flexibility index (Phi) is 2.76. The van der Waals surface area contributed by atoms with Crippen molar-refractivity contribution in [1.82, 2.24) is 0 Å². The highest BCUT2D eigenvalue weighted by Gasteiger charge is 2.04. The van der Waals surface area contributed by atoms with Gasteiger partial charge in [0.05, 0.1) is 8.80 Å². The zero-order valence-electron chi connectivity index (χ0n) is 5.30. The fourth-order valence-corrected chi connectivity index (χ4v) is 3.90. The van der Waals surface area contributed by atoms with Gasteiger partial charge in [-0.15, -0.1) is 11.6 Å². The van der Waals surface area contributed by atoms with Crippen molar-refractivity contribution < 1.29 is 0 Å². The van der Waals surface area contributed by atoms with E-state index in [1.807, 2.05) is 11.3 Å². The Morgan fingerprint density at radius 1 is 1.78 bits per heavy atom. The molecule has 0 fully saturated rings. The normalized spacial score (nSPS) is 13.6. The molecule has 0 spiro atoms. The maximum absolute atomic E-state index is 5.71. The van der Waals surface area contributed by atoms with Crippen molar-refractivity contribution in [2.45, 2.75) is 6.55 Å². The summed E-state index contributed by atoms with van der Waals surface area (Å²) in [6.45, 7) is 2.28. The molecule has 0 aromatic carbocycles. The molecular weight excluding hydrogens is 168 g/mol. The number of thiophene rings is 1. The summed E-state index contributed by atoms with van der Waals surface area (Å²) < 4.78 is 1.52. The second-order valence-corrected chi connectivity index (χ2v) is 7.13. The van der Waals surface area contributed by atoms with E-state index in [1.54, 1.807) is 0 Å². The molecule has 0 nitrogen and oxygen atoms in total. The van der Waals surface area contributed by atoms with Gasteiger partial charge in [0.2, 0.25) is 0 Å². The first-order valence-corrected chi connectivity index (χ1v) is 6.90. The predicted molar refractivity (Wildman–Crippen MR) is 47.7 cm³/mol. The van der Waals surface area contributed by atoms with Crippen molar-refractivity contribution in [3.63, 3.8) is 0 Å². The number of hydrogen-bond donors (Lipinski definition) is 0. The van der Waals surface area contributed by atoms with Crippen LogP contribution in [0.4, 0.5) is 0 Å². The second-order valence-electron chi connectivity index (χ2n) is 2.07. The first-order valence-electron chi connectivity index (χ1n) is 2.94. The molecule has 0 amide bonds. The number of halogens is 1. The van der Waals surface area contributed by atoms with Crippen LogP contribution in [-0.2, 0) is 0 Å². The molecule has 0 aliphatic heterocycles. The second kappa shape index (κ2) is 3.39. The maximum atomic E-state index is 5.71. The van der Waals surface area contributed by atoms with Crippen LogP contribution < -0.4 is 4.50 Å². The van der Waals surface area contributed by atoms with Crippen LogP contribution in [0.15, 0.2) is 17.5 Å². The van der Waals surface area contributed by atoms with Crippen molar-refractivity contribution in [2.24, 2.45) is 0 Å². The Balaban J connectivity index is 2.65. The van der Waals surface area contributed by atoms with E-state index in [-0.39, 0.29) is 0 Å². The van der Waals surface area contributed by atoms with Gasteiger partial charge < -0.3 is 0 Å². The molecule has 0 radical (unpaired) electrons. The van der Waals surface area contributed by atoms with Crippen LogP contribution in [0.5, 0.6) is 0 Å². The molecule has 0 saturated carbocycles. The lowest BCUT2D eigenvalue weighted by Crippen LogP contribution is -2.25. The molecule has 0 saturated heterocycles. The van der Waals surface area contributed by atoms with Crippen LogP contribution in [0.25, 0.3) is 0 Å². The van der Waals surface area contributed by atoms with E-state index in [1.165, 1.54) is 4.50 Å². The number of rotatable bonds is 2. The third kappa shape index (κ3) is 1.81. The standard InChI is InChI=1S/C6H9ClSSi/c1-9(5-7)6-3-2-4-8-6/h2-4,9H,5H2,1H3. The van der Waals surface area contributed by atoms with Crippen LogP contribution >= 0.6 is 22.9 Å². The Labute approximate surface area is 66.1 Å². The van der Waals surface area contributed by atoms with Gasteiger partial charge in [0.25, 0.3) is 0 Å². The van der Waals surface area contributed by atoms with E-state index in [0.717, 1.165) is 5.50 Å². The average molecular weight is 177 g/mol. The van der Waals surface area contributed by atoms with Crippen molar-refractivity contribution in [2.75, 3.05) is 5.50 Å². The molecule has 9 heavy (non-hydrogen) atoms. The Bertz CT molecular complexity index is 162. The highest BCUT2D eigenvalue weighted by Crippen LogP contribution is 1.97. The van der Waals surface area contributed by atoms with Gasteiger partial charge in [-0.2, -0.15) is 11.3 Å². The SMILES string of the molecule is C[SiH](CCl)c1cccs1. The topological polar surface area (TPSA) is 0 Å². The van der Waals surface area contributed by atoms with Gasteiger partial charge in [0.15, 0.2) is 0 Å². The number of alkyl halides is 1. The predicted octanol–water partition coefficient (Wildman–Crippen LogP) is 1.59. The smallest absolute Gasteiger partial charge is 0.0963 e. The lowest BCUT2D eigenvalue weighted by Gasteiger charge is -1.98. The third-order valence-electron chi connectivity index (χ3n) is 1.26. The minimum absolute atomic E-state index is 0.707. The minimum Gasteiger partial charge on any atom is -0.154 e. The van der Waals surface area contributed by atoms with Gasteiger partial charge in [-0.05, 0) is 9.88 Å². The van der Waals surface area contributed by atoms with E-state index in [4.69, 9.17) is 11.6 Å². The zero-order chi connectivity index (χ0) is 6.69.